The molecule has 3 N–H and O–H groups in total. The van der Waals surface area contributed by atoms with Crippen LogP contribution >= 0.6 is 0 Å². The lowest BCUT2D eigenvalue weighted by Gasteiger charge is -2.16. The molecular weight excluding hydrogens is 164 g/mol. The molecule has 2 rings (SSSR count). The van der Waals surface area contributed by atoms with Gasteiger partial charge in [-0.3, -0.25) is 0 Å². The molecule has 3 heteroatoms. The first kappa shape index (κ1) is 8.53. The van der Waals surface area contributed by atoms with E-state index in [2.05, 4.69) is 10.9 Å². The molecule has 0 spiro atoms. The van der Waals surface area contributed by atoms with Crippen molar-refractivity contribution in [1.82, 2.24) is 5.43 Å². The van der Waals surface area contributed by atoms with Gasteiger partial charge in [0, 0.05) is 0 Å². The van der Waals surface area contributed by atoms with Crippen molar-refractivity contribution in [2.24, 2.45) is 0 Å². The van der Waals surface area contributed by atoms with E-state index in [9.17, 15) is 5.11 Å². The van der Waals surface area contributed by atoms with E-state index in [-0.39, 0.29) is 12.1 Å². The van der Waals surface area contributed by atoms with Gasteiger partial charge < -0.3 is 10.5 Å². The fraction of sp³-hybridized carbons (Fsp3) is 0.400. The maximum Gasteiger partial charge on any atom is 0.0789 e. The molecule has 0 bridgehead atoms. The number of para-hydroxylation sites is 1. The third-order valence-corrected chi connectivity index (χ3v) is 2.46. The molecule has 1 aliphatic rings. The van der Waals surface area contributed by atoms with Gasteiger partial charge in [-0.1, -0.05) is 25.1 Å². The minimum absolute atomic E-state index is 0.0289. The van der Waals surface area contributed by atoms with Crippen LogP contribution in [-0.4, -0.2) is 11.2 Å². The third-order valence-electron chi connectivity index (χ3n) is 2.46. The van der Waals surface area contributed by atoms with Crippen molar-refractivity contribution in [3.63, 3.8) is 0 Å². The zero-order valence-corrected chi connectivity index (χ0v) is 7.62. The summed E-state index contributed by atoms with van der Waals surface area (Å²) in [7, 11) is 0. The van der Waals surface area contributed by atoms with E-state index >= 15 is 0 Å². The van der Waals surface area contributed by atoms with Crippen molar-refractivity contribution in [1.29, 1.82) is 0 Å². The smallest absolute Gasteiger partial charge is 0.0789 e. The number of benzene rings is 1. The lowest BCUT2D eigenvalue weighted by atomic mass is 10.0. The molecular formula is C10H14N2O. The van der Waals surface area contributed by atoms with Crippen LogP contribution in [0.25, 0.3) is 0 Å². The van der Waals surface area contributed by atoms with E-state index in [1.54, 1.807) is 0 Å². The van der Waals surface area contributed by atoms with Crippen molar-refractivity contribution < 1.29 is 5.11 Å². The van der Waals surface area contributed by atoms with Gasteiger partial charge in [-0.05, 0) is 18.1 Å². The van der Waals surface area contributed by atoms with Crippen LogP contribution < -0.4 is 10.9 Å². The average molecular weight is 178 g/mol. The molecule has 0 saturated carbocycles. The Balaban J connectivity index is 2.28. The lowest BCUT2D eigenvalue weighted by Crippen LogP contribution is -2.29. The highest BCUT2D eigenvalue weighted by Gasteiger charge is 2.26. The van der Waals surface area contributed by atoms with E-state index in [4.69, 9.17) is 0 Å². The highest BCUT2D eigenvalue weighted by atomic mass is 16.3. The summed E-state index contributed by atoms with van der Waals surface area (Å²) in [5, 5.41) is 9.70. The standard InChI is InChI=1S/C10H14N2O/c1-2-9(13)10-7-5-3-4-6-8(7)11-12-10/h3-6,9-13H,2H2,1H3. The summed E-state index contributed by atoms with van der Waals surface area (Å²) in [6, 6.07) is 8.04. The predicted octanol–water partition coefficient (Wildman–Crippen LogP) is 1.43. The van der Waals surface area contributed by atoms with Gasteiger partial charge in [0.2, 0.25) is 0 Å². The second-order valence-corrected chi connectivity index (χ2v) is 3.31. The molecule has 13 heavy (non-hydrogen) atoms. The first-order valence-electron chi connectivity index (χ1n) is 4.61. The van der Waals surface area contributed by atoms with Gasteiger partial charge in [-0.15, -0.1) is 0 Å². The molecule has 2 unspecified atom stereocenters. The molecule has 3 nitrogen and oxygen atoms in total. The molecule has 0 amide bonds. The van der Waals surface area contributed by atoms with Gasteiger partial charge in [0.15, 0.2) is 0 Å². The van der Waals surface area contributed by atoms with E-state index in [1.807, 2.05) is 31.2 Å². The molecule has 0 saturated heterocycles. The summed E-state index contributed by atoms with van der Waals surface area (Å²) >= 11 is 0. The fourth-order valence-corrected chi connectivity index (χ4v) is 1.65. The number of hydrazine groups is 1. The van der Waals surface area contributed by atoms with Crippen molar-refractivity contribution in [3.05, 3.63) is 29.8 Å². The molecule has 2 atom stereocenters. The Morgan fingerprint density at radius 1 is 1.46 bits per heavy atom. The fourth-order valence-electron chi connectivity index (χ4n) is 1.65. The van der Waals surface area contributed by atoms with Crippen molar-refractivity contribution in [2.45, 2.75) is 25.5 Å². The maximum atomic E-state index is 9.70. The molecule has 0 aliphatic carbocycles. The number of hydrogen-bond acceptors (Lipinski definition) is 3. The second kappa shape index (κ2) is 3.36. The number of hydrogen-bond donors (Lipinski definition) is 3. The molecule has 1 heterocycles. The molecule has 1 aliphatic heterocycles. The minimum Gasteiger partial charge on any atom is -0.391 e. The summed E-state index contributed by atoms with van der Waals surface area (Å²) in [5.74, 6) is 0. The lowest BCUT2D eigenvalue weighted by molar-refractivity contribution is 0.131. The van der Waals surface area contributed by atoms with E-state index in [0.717, 1.165) is 17.7 Å². The van der Waals surface area contributed by atoms with Crippen molar-refractivity contribution >= 4 is 5.69 Å². The molecule has 0 radical (unpaired) electrons. The Kier molecular flexibility index (Phi) is 2.20. The highest BCUT2D eigenvalue weighted by Crippen LogP contribution is 2.30. The maximum absolute atomic E-state index is 9.70. The van der Waals surface area contributed by atoms with E-state index in [0.29, 0.717) is 0 Å². The van der Waals surface area contributed by atoms with Crippen LogP contribution in [-0.2, 0) is 0 Å². The van der Waals surface area contributed by atoms with Crippen LogP contribution in [0.2, 0.25) is 0 Å². The second-order valence-electron chi connectivity index (χ2n) is 3.31. The van der Waals surface area contributed by atoms with Crippen LogP contribution in [0.3, 0.4) is 0 Å². The summed E-state index contributed by atoms with van der Waals surface area (Å²) in [4.78, 5) is 0. The summed E-state index contributed by atoms with van der Waals surface area (Å²) in [6.45, 7) is 1.98. The topological polar surface area (TPSA) is 44.3 Å². The normalized spacial score (nSPS) is 22.2. The van der Waals surface area contributed by atoms with Crippen LogP contribution in [0.15, 0.2) is 24.3 Å². The number of nitrogens with one attached hydrogen (secondary N) is 2. The van der Waals surface area contributed by atoms with Gasteiger partial charge in [0.05, 0.1) is 17.8 Å². The largest absolute Gasteiger partial charge is 0.391 e. The van der Waals surface area contributed by atoms with Crippen LogP contribution in [0, 0.1) is 0 Å². The minimum atomic E-state index is -0.323. The SMILES string of the molecule is CCC(O)C1NNc2ccccc21. The van der Waals surface area contributed by atoms with Crippen molar-refractivity contribution in [3.8, 4) is 0 Å². The molecule has 0 aromatic heterocycles. The van der Waals surface area contributed by atoms with E-state index < -0.39 is 0 Å². The van der Waals surface area contributed by atoms with E-state index in [1.165, 1.54) is 0 Å². The summed E-state index contributed by atoms with van der Waals surface area (Å²) < 4.78 is 0. The average Bonchev–Trinajstić information content (AvgIpc) is 2.60. The Bertz CT molecular complexity index is 301. The van der Waals surface area contributed by atoms with Crippen LogP contribution in [0.5, 0.6) is 0 Å². The molecule has 1 aromatic carbocycles. The molecule has 70 valence electrons. The van der Waals surface area contributed by atoms with Gasteiger partial charge in [0.25, 0.3) is 0 Å². The van der Waals surface area contributed by atoms with Gasteiger partial charge in [-0.2, -0.15) is 0 Å². The third kappa shape index (κ3) is 1.41. The number of rotatable bonds is 2. The Morgan fingerprint density at radius 2 is 2.23 bits per heavy atom. The Hall–Kier alpha value is -1.06. The Labute approximate surface area is 77.7 Å². The number of aliphatic hydroxyl groups is 1. The quantitative estimate of drug-likeness (QED) is 0.642. The number of anilines is 1. The Morgan fingerprint density at radius 3 is 3.00 bits per heavy atom. The highest BCUT2D eigenvalue weighted by molar-refractivity contribution is 5.55. The van der Waals surface area contributed by atoms with Gasteiger partial charge in [-0.25, -0.2) is 5.43 Å². The predicted molar refractivity (Wildman–Crippen MR) is 52.2 cm³/mol. The van der Waals surface area contributed by atoms with Gasteiger partial charge >= 0.3 is 0 Å². The first-order valence-corrected chi connectivity index (χ1v) is 4.61. The zero-order valence-electron chi connectivity index (χ0n) is 7.62. The first-order chi connectivity index (χ1) is 6.33. The monoisotopic (exact) mass is 178 g/mol. The van der Waals surface area contributed by atoms with Crippen molar-refractivity contribution in [2.75, 3.05) is 5.43 Å². The molecule has 1 aromatic rings. The zero-order chi connectivity index (χ0) is 9.26. The summed E-state index contributed by atoms with van der Waals surface area (Å²) in [6.07, 6.45) is 0.435. The molecule has 0 fully saturated rings. The van der Waals surface area contributed by atoms with Gasteiger partial charge in [0.1, 0.15) is 0 Å². The number of fused-ring (bicyclic) bond motifs is 1. The number of aliphatic hydroxyl groups excluding tert-OH is 1. The van der Waals surface area contributed by atoms with Crippen LogP contribution in [0.1, 0.15) is 24.9 Å². The van der Waals surface area contributed by atoms with Crippen LogP contribution in [0.4, 0.5) is 5.69 Å². The summed E-state index contributed by atoms with van der Waals surface area (Å²) in [5.41, 5.74) is 8.35.